The van der Waals surface area contributed by atoms with Crippen molar-refractivity contribution in [2.24, 2.45) is 0 Å². The van der Waals surface area contributed by atoms with Gasteiger partial charge in [0.05, 0.1) is 0 Å². The van der Waals surface area contributed by atoms with E-state index in [2.05, 4.69) is 4.98 Å². The van der Waals surface area contributed by atoms with Gasteiger partial charge in [0.2, 0.25) is 5.78 Å². The Morgan fingerprint density at radius 3 is 2.68 bits per heavy atom. The molecule has 0 atom stereocenters. The van der Waals surface area contributed by atoms with E-state index >= 15 is 0 Å². The van der Waals surface area contributed by atoms with Crippen LogP contribution in [0, 0.1) is 13.8 Å². The molecule has 2 heterocycles. The number of benzene rings is 1. The topological polar surface area (TPSA) is 59.2 Å². The number of Topliss-reactive ketones (excluding diaryl/α,β-unsaturated/α-hetero) is 1. The van der Waals surface area contributed by atoms with Crippen molar-refractivity contribution in [1.29, 1.82) is 0 Å². The first-order chi connectivity index (χ1) is 10.6. The molecule has 112 valence electrons. The number of hydrogen-bond donors (Lipinski definition) is 1. The van der Waals surface area contributed by atoms with Gasteiger partial charge in [-0.15, -0.1) is 11.3 Å². The van der Waals surface area contributed by atoms with Crippen LogP contribution in [0.5, 0.6) is 0 Å². The third-order valence-electron chi connectivity index (χ3n) is 3.55. The second-order valence-corrected chi connectivity index (χ2v) is 6.02. The fourth-order valence-corrected chi connectivity index (χ4v) is 3.30. The molecule has 0 aliphatic heterocycles. The summed E-state index contributed by atoms with van der Waals surface area (Å²) in [6.45, 7) is 3.44. The third-order valence-corrected chi connectivity index (χ3v) is 4.55. The number of thiophene rings is 1. The minimum Gasteiger partial charge on any atom is -0.453 e. The molecule has 0 fully saturated rings. The molecular formula is C17H15NO3S. The summed E-state index contributed by atoms with van der Waals surface area (Å²) in [6, 6.07) is 9.45. The van der Waals surface area contributed by atoms with Crippen molar-refractivity contribution in [3.8, 4) is 0 Å². The number of rotatable bonds is 4. The molecule has 3 aromatic rings. The summed E-state index contributed by atoms with van der Waals surface area (Å²) in [5, 5.41) is 2.69. The van der Waals surface area contributed by atoms with Crippen molar-refractivity contribution >= 4 is 34.0 Å². The number of aryl methyl sites for hydroxylation is 2. The normalized spacial score (nSPS) is 10.8. The zero-order chi connectivity index (χ0) is 15.7. The van der Waals surface area contributed by atoms with Crippen molar-refractivity contribution in [2.75, 3.05) is 6.61 Å². The Kier molecular flexibility index (Phi) is 3.81. The fourth-order valence-electron chi connectivity index (χ4n) is 2.49. The number of para-hydroxylation sites is 1. The van der Waals surface area contributed by atoms with Gasteiger partial charge in [0.1, 0.15) is 4.88 Å². The number of hydrogen-bond acceptors (Lipinski definition) is 4. The van der Waals surface area contributed by atoms with E-state index in [4.69, 9.17) is 4.74 Å². The summed E-state index contributed by atoms with van der Waals surface area (Å²) in [7, 11) is 0. The van der Waals surface area contributed by atoms with Gasteiger partial charge in [-0.25, -0.2) is 4.79 Å². The molecule has 5 heteroatoms. The second kappa shape index (κ2) is 5.77. The van der Waals surface area contributed by atoms with Crippen LogP contribution in [-0.4, -0.2) is 23.3 Å². The molecule has 0 saturated carbocycles. The van der Waals surface area contributed by atoms with E-state index in [1.165, 1.54) is 11.3 Å². The van der Waals surface area contributed by atoms with E-state index in [-0.39, 0.29) is 12.4 Å². The van der Waals surface area contributed by atoms with Crippen molar-refractivity contribution in [3.05, 3.63) is 57.4 Å². The van der Waals surface area contributed by atoms with E-state index in [0.717, 1.165) is 22.2 Å². The van der Waals surface area contributed by atoms with Gasteiger partial charge in [0.15, 0.2) is 6.61 Å². The lowest BCUT2D eigenvalue weighted by Crippen LogP contribution is -2.14. The van der Waals surface area contributed by atoms with Crippen LogP contribution in [0.1, 0.15) is 31.3 Å². The largest absolute Gasteiger partial charge is 0.453 e. The SMILES string of the molecule is Cc1ccsc1C(=O)OCC(=O)c1c(C)[nH]c2ccccc12. The quantitative estimate of drug-likeness (QED) is 0.587. The minimum absolute atomic E-state index is 0.197. The van der Waals surface area contributed by atoms with Crippen LogP contribution in [0.4, 0.5) is 0 Å². The molecule has 0 radical (unpaired) electrons. The van der Waals surface area contributed by atoms with Crippen molar-refractivity contribution in [2.45, 2.75) is 13.8 Å². The van der Waals surface area contributed by atoms with Gasteiger partial charge in [-0.2, -0.15) is 0 Å². The van der Waals surface area contributed by atoms with Crippen LogP contribution < -0.4 is 0 Å². The zero-order valence-electron chi connectivity index (χ0n) is 12.3. The molecule has 22 heavy (non-hydrogen) atoms. The van der Waals surface area contributed by atoms with Gasteiger partial charge < -0.3 is 9.72 Å². The number of aromatic nitrogens is 1. The number of ether oxygens (including phenoxy) is 1. The highest BCUT2D eigenvalue weighted by atomic mass is 32.1. The van der Waals surface area contributed by atoms with E-state index < -0.39 is 5.97 Å². The number of esters is 1. The number of carbonyl (C=O) groups excluding carboxylic acids is 2. The minimum atomic E-state index is -0.446. The maximum atomic E-state index is 12.4. The maximum absolute atomic E-state index is 12.4. The Morgan fingerprint density at radius 1 is 1.18 bits per heavy atom. The Morgan fingerprint density at radius 2 is 1.95 bits per heavy atom. The number of ketones is 1. The molecule has 0 spiro atoms. The fraction of sp³-hybridized carbons (Fsp3) is 0.176. The highest BCUT2D eigenvalue weighted by Crippen LogP contribution is 2.23. The molecule has 0 amide bonds. The van der Waals surface area contributed by atoms with Gasteiger partial charge in [0.25, 0.3) is 0 Å². The van der Waals surface area contributed by atoms with Gasteiger partial charge in [-0.3, -0.25) is 4.79 Å². The van der Waals surface area contributed by atoms with Gasteiger partial charge in [0, 0.05) is 22.2 Å². The summed E-state index contributed by atoms with van der Waals surface area (Å²) in [6.07, 6.45) is 0. The molecule has 2 aromatic heterocycles. The number of nitrogens with one attached hydrogen (secondary N) is 1. The predicted octanol–water partition coefficient (Wildman–Crippen LogP) is 3.89. The summed E-state index contributed by atoms with van der Waals surface area (Å²) >= 11 is 1.32. The van der Waals surface area contributed by atoms with Crippen molar-refractivity contribution in [1.82, 2.24) is 4.98 Å². The number of carbonyl (C=O) groups is 2. The molecule has 1 aromatic carbocycles. The summed E-state index contributed by atoms with van der Waals surface area (Å²) in [5.74, 6) is -0.643. The van der Waals surface area contributed by atoms with Crippen molar-refractivity contribution in [3.63, 3.8) is 0 Å². The number of aromatic amines is 1. The molecule has 0 aliphatic rings. The lowest BCUT2D eigenvalue weighted by Gasteiger charge is -2.04. The number of fused-ring (bicyclic) bond motifs is 1. The second-order valence-electron chi connectivity index (χ2n) is 5.10. The first kappa shape index (κ1) is 14.5. The standard InChI is InChI=1S/C17H15NO3S/c1-10-7-8-22-16(10)17(20)21-9-14(19)15-11(2)18-13-6-4-3-5-12(13)15/h3-8,18H,9H2,1-2H3. The third kappa shape index (κ3) is 2.55. The van der Waals surface area contributed by atoms with Crippen LogP contribution >= 0.6 is 11.3 Å². The van der Waals surface area contributed by atoms with E-state index in [1.54, 1.807) is 0 Å². The van der Waals surface area contributed by atoms with E-state index in [9.17, 15) is 9.59 Å². The first-order valence-electron chi connectivity index (χ1n) is 6.89. The van der Waals surface area contributed by atoms with E-state index in [1.807, 2.05) is 49.6 Å². The van der Waals surface area contributed by atoms with Crippen molar-refractivity contribution < 1.29 is 14.3 Å². The first-order valence-corrected chi connectivity index (χ1v) is 7.77. The summed E-state index contributed by atoms with van der Waals surface area (Å²) in [5.41, 5.74) is 3.15. The zero-order valence-corrected chi connectivity index (χ0v) is 13.1. The van der Waals surface area contributed by atoms with Gasteiger partial charge in [-0.1, -0.05) is 18.2 Å². The lowest BCUT2D eigenvalue weighted by molar-refractivity contribution is 0.0479. The lowest BCUT2D eigenvalue weighted by atomic mass is 10.1. The molecule has 0 aliphatic carbocycles. The highest BCUT2D eigenvalue weighted by molar-refractivity contribution is 7.12. The average Bonchev–Trinajstić information content (AvgIpc) is 3.06. The maximum Gasteiger partial charge on any atom is 0.349 e. The Labute approximate surface area is 131 Å². The Hall–Kier alpha value is -2.40. The monoisotopic (exact) mass is 313 g/mol. The van der Waals surface area contributed by atoms with Crippen LogP contribution in [0.15, 0.2) is 35.7 Å². The van der Waals surface area contributed by atoms with Gasteiger partial charge >= 0.3 is 5.97 Å². The van der Waals surface area contributed by atoms with E-state index in [0.29, 0.717) is 10.4 Å². The van der Waals surface area contributed by atoms with Crippen LogP contribution in [0.3, 0.4) is 0 Å². The molecule has 3 rings (SSSR count). The molecule has 0 saturated heterocycles. The molecule has 0 unspecified atom stereocenters. The summed E-state index contributed by atoms with van der Waals surface area (Å²) in [4.78, 5) is 28.1. The molecule has 0 bridgehead atoms. The Balaban J connectivity index is 1.78. The van der Waals surface area contributed by atoms with Crippen LogP contribution in [0.25, 0.3) is 10.9 Å². The van der Waals surface area contributed by atoms with Gasteiger partial charge in [-0.05, 0) is 36.9 Å². The summed E-state index contributed by atoms with van der Waals surface area (Å²) < 4.78 is 5.16. The number of H-pyrrole nitrogens is 1. The smallest absolute Gasteiger partial charge is 0.349 e. The molecule has 1 N–H and O–H groups in total. The predicted molar refractivity (Wildman–Crippen MR) is 86.7 cm³/mol. The molecular weight excluding hydrogens is 298 g/mol. The Bertz CT molecular complexity index is 860. The average molecular weight is 313 g/mol. The molecule has 4 nitrogen and oxygen atoms in total. The van der Waals surface area contributed by atoms with Crippen LogP contribution in [-0.2, 0) is 4.74 Å². The van der Waals surface area contributed by atoms with Crippen LogP contribution in [0.2, 0.25) is 0 Å². The highest BCUT2D eigenvalue weighted by Gasteiger charge is 2.19.